The number of carbonyl (C=O) groups is 1. The fourth-order valence-corrected chi connectivity index (χ4v) is 2.20. The van der Waals surface area contributed by atoms with Crippen molar-refractivity contribution in [2.24, 2.45) is 0 Å². The molecule has 0 atom stereocenters. The van der Waals surface area contributed by atoms with E-state index in [1.807, 2.05) is 0 Å². The smallest absolute Gasteiger partial charge is 0.303 e. The highest BCUT2D eigenvalue weighted by Gasteiger charge is 2.11. The van der Waals surface area contributed by atoms with E-state index in [-0.39, 0.29) is 6.42 Å². The summed E-state index contributed by atoms with van der Waals surface area (Å²) >= 11 is 0. The summed E-state index contributed by atoms with van der Waals surface area (Å²) in [4.78, 5) is 12.9. The summed E-state index contributed by atoms with van der Waals surface area (Å²) in [5.74, 6) is -0.157. The van der Waals surface area contributed by atoms with Crippen LogP contribution < -0.4 is 0 Å². The van der Waals surface area contributed by atoms with Crippen LogP contribution >= 0.6 is 0 Å². The van der Waals surface area contributed by atoms with Gasteiger partial charge in [0.25, 0.3) is 0 Å². The van der Waals surface area contributed by atoms with E-state index in [1.54, 1.807) is 0 Å². The molecule has 0 saturated carbocycles. The molecular formula is C17H27NO2. The molecule has 3 heteroatoms. The number of carboxylic acids is 1. The Morgan fingerprint density at radius 1 is 1.15 bits per heavy atom. The van der Waals surface area contributed by atoms with Crippen LogP contribution in [0.2, 0.25) is 0 Å². The zero-order valence-corrected chi connectivity index (χ0v) is 13.1. The molecule has 0 fully saturated rings. The standard InChI is InChI=1S/C17H27NO2/c1-13(2)16-9-7-15(8-10-16)12-18(14(3)4)11-5-6-17(19)20/h7-10,13-14H,5-6,11-12H2,1-4H3,(H,19,20). The topological polar surface area (TPSA) is 40.5 Å². The van der Waals surface area contributed by atoms with Crippen LogP contribution in [0.5, 0.6) is 0 Å². The van der Waals surface area contributed by atoms with Gasteiger partial charge in [-0.3, -0.25) is 9.69 Å². The number of rotatable bonds is 8. The van der Waals surface area contributed by atoms with Gasteiger partial charge in [0, 0.05) is 19.0 Å². The Morgan fingerprint density at radius 3 is 2.20 bits per heavy atom. The van der Waals surface area contributed by atoms with Gasteiger partial charge >= 0.3 is 5.97 Å². The van der Waals surface area contributed by atoms with Crippen LogP contribution in [0.4, 0.5) is 0 Å². The lowest BCUT2D eigenvalue weighted by Crippen LogP contribution is -2.31. The number of aliphatic carboxylic acids is 1. The summed E-state index contributed by atoms with van der Waals surface area (Å²) in [7, 11) is 0. The Morgan fingerprint density at radius 2 is 1.75 bits per heavy atom. The van der Waals surface area contributed by atoms with Crippen molar-refractivity contribution >= 4 is 5.97 Å². The maximum atomic E-state index is 10.6. The van der Waals surface area contributed by atoms with Crippen molar-refractivity contribution in [3.05, 3.63) is 35.4 Å². The van der Waals surface area contributed by atoms with Crippen LogP contribution in [0.1, 0.15) is 57.6 Å². The normalized spacial score (nSPS) is 11.6. The number of hydrogen-bond donors (Lipinski definition) is 1. The number of hydrogen-bond acceptors (Lipinski definition) is 2. The van der Waals surface area contributed by atoms with Gasteiger partial charge in [-0.25, -0.2) is 0 Å². The number of nitrogens with zero attached hydrogens (tertiary/aromatic N) is 1. The maximum Gasteiger partial charge on any atom is 0.303 e. The van der Waals surface area contributed by atoms with Crippen molar-refractivity contribution in [3.8, 4) is 0 Å². The summed E-state index contributed by atoms with van der Waals surface area (Å²) in [6, 6.07) is 9.17. The fourth-order valence-electron chi connectivity index (χ4n) is 2.20. The molecule has 0 radical (unpaired) electrons. The molecule has 0 bridgehead atoms. The van der Waals surface area contributed by atoms with Gasteiger partial charge in [-0.2, -0.15) is 0 Å². The van der Waals surface area contributed by atoms with Crippen molar-refractivity contribution < 1.29 is 9.90 Å². The summed E-state index contributed by atoms with van der Waals surface area (Å²) in [6.45, 7) is 10.4. The second-order valence-electron chi connectivity index (χ2n) is 5.96. The van der Waals surface area contributed by atoms with Crippen LogP contribution in [-0.4, -0.2) is 28.6 Å². The van der Waals surface area contributed by atoms with Gasteiger partial charge < -0.3 is 5.11 Å². The van der Waals surface area contributed by atoms with Gasteiger partial charge in [-0.15, -0.1) is 0 Å². The molecule has 0 spiro atoms. The molecule has 0 aromatic heterocycles. The average molecular weight is 277 g/mol. The lowest BCUT2D eigenvalue weighted by Gasteiger charge is -2.26. The Hall–Kier alpha value is -1.35. The van der Waals surface area contributed by atoms with Crippen LogP contribution in [0, 0.1) is 0 Å². The summed E-state index contributed by atoms with van der Waals surface area (Å²) in [5.41, 5.74) is 2.65. The largest absolute Gasteiger partial charge is 0.481 e. The molecule has 0 aliphatic carbocycles. The van der Waals surface area contributed by atoms with Gasteiger partial charge in [0.05, 0.1) is 0 Å². The molecule has 0 saturated heterocycles. The third-order valence-corrected chi connectivity index (χ3v) is 3.60. The first kappa shape index (κ1) is 16.7. The highest BCUT2D eigenvalue weighted by atomic mass is 16.4. The molecule has 1 rings (SSSR count). The van der Waals surface area contributed by atoms with Crippen LogP contribution in [-0.2, 0) is 11.3 Å². The van der Waals surface area contributed by atoms with E-state index in [4.69, 9.17) is 5.11 Å². The van der Waals surface area contributed by atoms with E-state index < -0.39 is 5.97 Å². The van der Waals surface area contributed by atoms with Crippen molar-refractivity contribution in [1.29, 1.82) is 0 Å². The van der Waals surface area contributed by atoms with E-state index in [9.17, 15) is 4.79 Å². The molecule has 20 heavy (non-hydrogen) atoms. The van der Waals surface area contributed by atoms with Gasteiger partial charge in [-0.05, 0) is 43.9 Å². The third-order valence-electron chi connectivity index (χ3n) is 3.60. The highest BCUT2D eigenvalue weighted by Crippen LogP contribution is 2.16. The molecule has 1 aromatic rings. The van der Waals surface area contributed by atoms with Crippen molar-refractivity contribution in [1.82, 2.24) is 4.90 Å². The van der Waals surface area contributed by atoms with Gasteiger partial charge in [-0.1, -0.05) is 38.1 Å². The second kappa shape index (κ2) is 8.05. The minimum atomic E-state index is -0.713. The van der Waals surface area contributed by atoms with Gasteiger partial charge in [0.15, 0.2) is 0 Å². The van der Waals surface area contributed by atoms with Crippen LogP contribution in [0.3, 0.4) is 0 Å². The molecule has 112 valence electrons. The van der Waals surface area contributed by atoms with E-state index in [0.29, 0.717) is 18.4 Å². The summed E-state index contributed by atoms with van der Waals surface area (Å²) in [5, 5.41) is 8.72. The Bertz CT molecular complexity index is 410. The summed E-state index contributed by atoms with van der Waals surface area (Å²) in [6.07, 6.45) is 0.951. The zero-order chi connectivity index (χ0) is 15.1. The van der Waals surface area contributed by atoms with Crippen molar-refractivity contribution in [2.75, 3.05) is 6.54 Å². The predicted octanol–water partition coefficient (Wildman–Crippen LogP) is 3.89. The SMILES string of the molecule is CC(C)c1ccc(CN(CCCC(=O)O)C(C)C)cc1. The van der Waals surface area contributed by atoms with E-state index in [2.05, 4.69) is 56.9 Å². The lowest BCUT2D eigenvalue weighted by molar-refractivity contribution is -0.137. The Labute approximate surface area is 122 Å². The molecule has 0 aliphatic rings. The Balaban J connectivity index is 2.58. The molecule has 0 amide bonds. The van der Waals surface area contributed by atoms with Crippen molar-refractivity contribution in [3.63, 3.8) is 0 Å². The minimum absolute atomic E-state index is 0.246. The Kier molecular flexibility index (Phi) is 6.73. The first-order valence-electron chi connectivity index (χ1n) is 7.44. The van der Waals surface area contributed by atoms with E-state index >= 15 is 0 Å². The maximum absolute atomic E-state index is 10.6. The first-order chi connectivity index (χ1) is 9.40. The minimum Gasteiger partial charge on any atom is -0.481 e. The van der Waals surface area contributed by atoms with Crippen molar-refractivity contribution in [2.45, 2.75) is 59.0 Å². The highest BCUT2D eigenvalue weighted by molar-refractivity contribution is 5.66. The van der Waals surface area contributed by atoms with Crippen LogP contribution in [0.25, 0.3) is 0 Å². The molecule has 1 N–H and O–H groups in total. The molecular weight excluding hydrogens is 250 g/mol. The lowest BCUT2D eigenvalue weighted by atomic mass is 10.0. The zero-order valence-electron chi connectivity index (χ0n) is 13.1. The quantitative estimate of drug-likeness (QED) is 0.783. The van der Waals surface area contributed by atoms with Gasteiger partial charge in [0.2, 0.25) is 0 Å². The first-order valence-corrected chi connectivity index (χ1v) is 7.44. The second-order valence-corrected chi connectivity index (χ2v) is 5.96. The van der Waals surface area contributed by atoms with E-state index in [1.165, 1.54) is 11.1 Å². The van der Waals surface area contributed by atoms with Crippen LogP contribution in [0.15, 0.2) is 24.3 Å². The fraction of sp³-hybridized carbons (Fsp3) is 0.588. The molecule has 0 unspecified atom stereocenters. The monoisotopic (exact) mass is 277 g/mol. The van der Waals surface area contributed by atoms with Gasteiger partial charge in [0.1, 0.15) is 0 Å². The molecule has 1 aromatic carbocycles. The number of carboxylic acid groups (broad SMARTS) is 1. The molecule has 0 aliphatic heterocycles. The summed E-state index contributed by atoms with van der Waals surface area (Å²) < 4.78 is 0. The molecule has 0 heterocycles. The third kappa shape index (κ3) is 5.74. The van der Waals surface area contributed by atoms with E-state index in [0.717, 1.165) is 13.1 Å². The number of benzene rings is 1. The average Bonchev–Trinajstić information content (AvgIpc) is 2.37. The molecule has 3 nitrogen and oxygen atoms in total. The predicted molar refractivity (Wildman–Crippen MR) is 82.9 cm³/mol.